The van der Waals surface area contributed by atoms with Crippen molar-refractivity contribution in [3.8, 4) is 0 Å². The molecule has 0 aliphatic heterocycles. The van der Waals surface area contributed by atoms with Gasteiger partial charge in [0.15, 0.2) is 0 Å². The molecule has 92 valence electrons. The molecular formula is C10H10ClNO5. The lowest BCUT2D eigenvalue weighted by Gasteiger charge is -2.07. The van der Waals surface area contributed by atoms with E-state index in [4.69, 9.17) is 16.3 Å². The van der Waals surface area contributed by atoms with Crippen molar-refractivity contribution in [2.75, 3.05) is 14.2 Å². The van der Waals surface area contributed by atoms with Crippen molar-refractivity contribution in [2.24, 2.45) is 0 Å². The summed E-state index contributed by atoms with van der Waals surface area (Å²) in [4.78, 5) is 21.5. The Morgan fingerprint density at radius 1 is 1.47 bits per heavy atom. The molecule has 1 rings (SSSR count). The van der Waals surface area contributed by atoms with Crippen LogP contribution in [0.1, 0.15) is 15.9 Å². The van der Waals surface area contributed by atoms with Crippen LogP contribution in [0, 0.1) is 10.1 Å². The summed E-state index contributed by atoms with van der Waals surface area (Å²) in [6, 6.07) is 2.41. The standard InChI is InChI=1S/C10H10ClNO5/c1-16-5-6-3-8(11)9(12(14)15)4-7(6)10(13)17-2/h3-4H,5H2,1-2H3. The van der Waals surface area contributed by atoms with Crippen LogP contribution in [0.3, 0.4) is 0 Å². The molecule has 7 heteroatoms. The summed E-state index contributed by atoms with van der Waals surface area (Å²) in [7, 11) is 2.63. The SMILES string of the molecule is COCc1cc(Cl)c([N+](=O)[O-])cc1C(=O)OC. The molecule has 17 heavy (non-hydrogen) atoms. The molecule has 0 amide bonds. The van der Waals surface area contributed by atoms with E-state index in [2.05, 4.69) is 4.74 Å². The first-order valence-electron chi connectivity index (χ1n) is 4.55. The third-order valence-electron chi connectivity index (χ3n) is 2.07. The number of nitro groups is 1. The second-order valence-electron chi connectivity index (χ2n) is 3.14. The van der Waals surface area contributed by atoms with Crippen molar-refractivity contribution in [1.82, 2.24) is 0 Å². The van der Waals surface area contributed by atoms with Gasteiger partial charge in [0.1, 0.15) is 5.02 Å². The van der Waals surface area contributed by atoms with Gasteiger partial charge in [0.2, 0.25) is 0 Å². The second kappa shape index (κ2) is 5.60. The molecule has 0 aliphatic rings. The van der Waals surface area contributed by atoms with Gasteiger partial charge >= 0.3 is 5.97 Å². The van der Waals surface area contributed by atoms with Gasteiger partial charge in [-0.05, 0) is 11.6 Å². The highest BCUT2D eigenvalue weighted by atomic mass is 35.5. The van der Waals surface area contributed by atoms with E-state index in [9.17, 15) is 14.9 Å². The second-order valence-corrected chi connectivity index (χ2v) is 3.55. The molecule has 0 bridgehead atoms. The zero-order valence-electron chi connectivity index (χ0n) is 9.23. The average Bonchev–Trinajstić information content (AvgIpc) is 2.28. The molecule has 6 nitrogen and oxygen atoms in total. The molecule has 0 saturated carbocycles. The molecule has 1 aromatic carbocycles. The molecule has 0 heterocycles. The van der Waals surface area contributed by atoms with Gasteiger partial charge in [-0.25, -0.2) is 4.79 Å². The Kier molecular flexibility index (Phi) is 4.42. The Balaban J connectivity index is 3.36. The number of carbonyl (C=O) groups excluding carboxylic acids is 1. The van der Waals surface area contributed by atoms with Gasteiger partial charge in [-0.2, -0.15) is 0 Å². The molecule has 0 aromatic heterocycles. The van der Waals surface area contributed by atoms with Crippen LogP contribution in [0.5, 0.6) is 0 Å². The highest BCUT2D eigenvalue weighted by Gasteiger charge is 2.21. The van der Waals surface area contributed by atoms with E-state index in [1.807, 2.05) is 0 Å². The number of rotatable bonds is 4. The normalized spacial score (nSPS) is 10.1. The maximum atomic E-state index is 11.5. The van der Waals surface area contributed by atoms with Crippen LogP contribution in [0.15, 0.2) is 12.1 Å². The number of nitrogens with zero attached hydrogens (tertiary/aromatic N) is 1. The molecule has 0 spiro atoms. The Labute approximate surface area is 102 Å². The zero-order chi connectivity index (χ0) is 13.0. The van der Waals surface area contributed by atoms with Crippen LogP contribution in [-0.4, -0.2) is 25.1 Å². The van der Waals surface area contributed by atoms with Crippen molar-refractivity contribution in [3.05, 3.63) is 38.4 Å². The lowest BCUT2D eigenvalue weighted by atomic mass is 10.1. The van der Waals surface area contributed by atoms with Crippen LogP contribution < -0.4 is 0 Å². The number of ether oxygens (including phenoxy) is 2. The number of hydrogen-bond acceptors (Lipinski definition) is 5. The summed E-state index contributed by atoms with van der Waals surface area (Å²) in [5, 5.41) is 10.6. The minimum Gasteiger partial charge on any atom is -0.465 e. The van der Waals surface area contributed by atoms with Gasteiger partial charge in [-0.15, -0.1) is 0 Å². The van der Waals surface area contributed by atoms with E-state index < -0.39 is 10.9 Å². The fraction of sp³-hybridized carbons (Fsp3) is 0.300. The molecule has 0 fully saturated rings. The van der Waals surface area contributed by atoms with Crippen molar-refractivity contribution in [2.45, 2.75) is 6.61 Å². The maximum Gasteiger partial charge on any atom is 0.338 e. The quantitative estimate of drug-likeness (QED) is 0.470. The number of esters is 1. The van der Waals surface area contributed by atoms with E-state index in [0.29, 0.717) is 5.56 Å². The highest BCUT2D eigenvalue weighted by molar-refractivity contribution is 6.32. The van der Waals surface area contributed by atoms with Crippen LogP contribution in [0.2, 0.25) is 5.02 Å². The van der Waals surface area contributed by atoms with Gasteiger partial charge in [0, 0.05) is 13.2 Å². The molecule has 1 aromatic rings. The van der Waals surface area contributed by atoms with Crippen LogP contribution in [0.25, 0.3) is 0 Å². The lowest BCUT2D eigenvalue weighted by molar-refractivity contribution is -0.384. The van der Waals surface area contributed by atoms with Crippen LogP contribution in [-0.2, 0) is 16.1 Å². The predicted molar refractivity (Wildman–Crippen MR) is 60.2 cm³/mol. The number of benzene rings is 1. The average molecular weight is 260 g/mol. The highest BCUT2D eigenvalue weighted by Crippen LogP contribution is 2.28. The maximum absolute atomic E-state index is 11.5. The third-order valence-corrected chi connectivity index (χ3v) is 2.38. The van der Waals surface area contributed by atoms with E-state index in [-0.39, 0.29) is 22.9 Å². The number of carbonyl (C=O) groups is 1. The third kappa shape index (κ3) is 2.92. The van der Waals surface area contributed by atoms with E-state index in [1.54, 1.807) is 0 Å². The number of nitro benzene ring substituents is 1. The largest absolute Gasteiger partial charge is 0.465 e. The number of methoxy groups -OCH3 is 2. The summed E-state index contributed by atoms with van der Waals surface area (Å²) in [5.41, 5.74) is 0.173. The first kappa shape index (κ1) is 13.4. The fourth-order valence-corrected chi connectivity index (χ4v) is 1.57. The molecule has 0 aliphatic carbocycles. The summed E-state index contributed by atoms with van der Waals surface area (Å²) >= 11 is 5.73. The summed E-state index contributed by atoms with van der Waals surface area (Å²) in [6.07, 6.45) is 0. The molecule has 0 N–H and O–H groups in total. The Morgan fingerprint density at radius 3 is 2.59 bits per heavy atom. The smallest absolute Gasteiger partial charge is 0.338 e. The molecule has 0 unspecified atom stereocenters. The van der Waals surface area contributed by atoms with Crippen molar-refractivity contribution in [3.63, 3.8) is 0 Å². The van der Waals surface area contributed by atoms with Gasteiger partial charge in [0.25, 0.3) is 5.69 Å². The summed E-state index contributed by atoms with van der Waals surface area (Å²) < 4.78 is 9.42. The predicted octanol–water partition coefficient (Wildman–Crippen LogP) is 2.18. The summed E-state index contributed by atoms with van der Waals surface area (Å²) in [5.74, 6) is -0.670. The van der Waals surface area contributed by atoms with Gasteiger partial charge < -0.3 is 9.47 Å². The lowest BCUT2D eigenvalue weighted by Crippen LogP contribution is -2.07. The van der Waals surface area contributed by atoms with Gasteiger partial charge in [0.05, 0.1) is 24.2 Å². The fourth-order valence-electron chi connectivity index (χ4n) is 1.32. The van der Waals surface area contributed by atoms with Gasteiger partial charge in [-0.1, -0.05) is 11.6 Å². The molecule has 0 radical (unpaired) electrons. The van der Waals surface area contributed by atoms with E-state index >= 15 is 0 Å². The first-order valence-corrected chi connectivity index (χ1v) is 4.93. The molecular weight excluding hydrogens is 250 g/mol. The Morgan fingerprint density at radius 2 is 2.12 bits per heavy atom. The van der Waals surface area contributed by atoms with Crippen molar-refractivity contribution < 1.29 is 19.2 Å². The van der Waals surface area contributed by atoms with Crippen LogP contribution in [0.4, 0.5) is 5.69 Å². The monoisotopic (exact) mass is 259 g/mol. The van der Waals surface area contributed by atoms with Crippen molar-refractivity contribution >= 4 is 23.3 Å². The Bertz CT molecular complexity index is 460. The van der Waals surface area contributed by atoms with Crippen molar-refractivity contribution in [1.29, 1.82) is 0 Å². The minimum absolute atomic E-state index is 0.0466. The Hall–Kier alpha value is -1.66. The summed E-state index contributed by atoms with van der Waals surface area (Å²) in [6.45, 7) is 0.113. The topological polar surface area (TPSA) is 78.7 Å². The molecule has 0 atom stereocenters. The zero-order valence-corrected chi connectivity index (χ0v) is 9.98. The number of hydrogen-bond donors (Lipinski definition) is 0. The first-order chi connectivity index (χ1) is 8.01. The molecule has 0 saturated heterocycles. The van der Waals surface area contributed by atoms with Crippen LogP contribution >= 0.6 is 11.6 Å². The van der Waals surface area contributed by atoms with Gasteiger partial charge in [-0.3, -0.25) is 10.1 Å². The minimum atomic E-state index is -0.670. The van der Waals surface area contributed by atoms with E-state index in [1.165, 1.54) is 20.3 Å². The van der Waals surface area contributed by atoms with E-state index in [0.717, 1.165) is 6.07 Å². The number of halogens is 1.